The van der Waals surface area contributed by atoms with Crippen molar-refractivity contribution in [1.29, 1.82) is 0 Å². The van der Waals surface area contributed by atoms with Gasteiger partial charge in [0.15, 0.2) is 4.67 Å². The molecule has 2 rings (SSSR count). The zero-order valence-electron chi connectivity index (χ0n) is 6.73. The maximum atomic E-state index is 11.1. The summed E-state index contributed by atoms with van der Waals surface area (Å²) >= 11 is 3.16. The Morgan fingerprint density at radius 2 is 2.31 bits per heavy atom. The summed E-state index contributed by atoms with van der Waals surface area (Å²) in [6.07, 6.45) is 0. The minimum atomic E-state index is -2.95. The van der Waals surface area contributed by atoms with Crippen LogP contribution < -0.4 is 0 Å². The van der Waals surface area contributed by atoms with Gasteiger partial charge in [-0.2, -0.15) is 4.31 Å². The third kappa shape index (κ3) is 1.79. The predicted octanol–water partition coefficient (Wildman–Crippen LogP) is 1.19. The molecule has 1 aliphatic heterocycles. The van der Waals surface area contributed by atoms with Gasteiger partial charge < -0.3 is 4.42 Å². The van der Waals surface area contributed by atoms with Gasteiger partial charge >= 0.3 is 0 Å². The molecule has 72 valence electrons. The number of halogens is 1. The van der Waals surface area contributed by atoms with Gasteiger partial charge in [-0.1, -0.05) is 0 Å². The summed E-state index contributed by atoms with van der Waals surface area (Å²) in [5.41, 5.74) is 0. The number of nitrogens with zero attached hydrogens (tertiary/aromatic N) is 1. The summed E-state index contributed by atoms with van der Waals surface area (Å²) in [6.45, 7) is 0.939. The van der Waals surface area contributed by atoms with E-state index in [0.717, 1.165) is 0 Å². The van der Waals surface area contributed by atoms with Crippen molar-refractivity contribution in [3.63, 3.8) is 0 Å². The van der Waals surface area contributed by atoms with E-state index < -0.39 is 10.0 Å². The van der Waals surface area contributed by atoms with Crippen molar-refractivity contribution in [2.24, 2.45) is 0 Å². The first-order valence-electron chi connectivity index (χ1n) is 3.80. The predicted molar refractivity (Wildman–Crippen MR) is 50.6 cm³/mol. The molecular weight excluding hydrogens is 258 g/mol. The first kappa shape index (κ1) is 9.23. The molecule has 0 bridgehead atoms. The van der Waals surface area contributed by atoms with Crippen LogP contribution in [0.25, 0.3) is 0 Å². The fourth-order valence-electron chi connectivity index (χ4n) is 1.16. The highest BCUT2D eigenvalue weighted by Crippen LogP contribution is 2.20. The lowest BCUT2D eigenvalue weighted by Crippen LogP contribution is -2.46. The van der Waals surface area contributed by atoms with Crippen LogP contribution in [0.2, 0.25) is 0 Å². The molecule has 0 saturated carbocycles. The number of sulfonamides is 1. The van der Waals surface area contributed by atoms with E-state index in [0.29, 0.717) is 23.5 Å². The van der Waals surface area contributed by atoms with E-state index in [9.17, 15) is 8.42 Å². The highest BCUT2D eigenvalue weighted by Gasteiger charge is 2.32. The average molecular weight is 266 g/mol. The van der Waals surface area contributed by atoms with Crippen LogP contribution in [0.1, 0.15) is 5.76 Å². The van der Waals surface area contributed by atoms with Crippen LogP contribution in [0.15, 0.2) is 21.2 Å². The lowest BCUT2D eigenvalue weighted by atomic mass is 10.4. The van der Waals surface area contributed by atoms with Gasteiger partial charge in [0.2, 0.25) is 10.0 Å². The highest BCUT2D eigenvalue weighted by atomic mass is 79.9. The summed E-state index contributed by atoms with van der Waals surface area (Å²) in [7, 11) is -2.95. The SMILES string of the molecule is O=S1(=O)CCN1Cc1ccc(Br)o1. The molecule has 0 amide bonds. The molecule has 0 N–H and O–H groups in total. The van der Waals surface area contributed by atoms with Gasteiger partial charge in [-0.25, -0.2) is 8.42 Å². The first-order chi connectivity index (χ1) is 6.08. The Kier molecular flexibility index (Phi) is 2.21. The van der Waals surface area contributed by atoms with E-state index in [2.05, 4.69) is 15.9 Å². The Morgan fingerprint density at radius 3 is 2.69 bits per heavy atom. The van der Waals surface area contributed by atoms with Crippen molar-refractivity contribution in [1.82, 2.24) is 4.31 Å². The number of hydrogen-bond acceptors (Lipinski definition) is 3. The largest absolute Gasteiger partial charge is 0.453 e. The Balaban J connectivity index is 2.07. The summed E-state index contributed by atoms with van der Waals surface area (Å²) in [6, 6.07) is 3.51. The molecule has 1 fully saturated rings. The molecule has 2 heterocycles. The fraction of sp³-hybridized carbons (Fsp3) is 0.429. The first-order valence-corrected chi connectivity index (χ1v) is 6.20. The lowest BCUT2D eigenvalue weighted by molar-refractivity contribution is 0.340. The number of hydrogen-bond donors (Lipinski definition) is 0. The second-order valence-electron chi connectivity index (χ2n) is 2.86. The van der Waals surface area contributed by atoms with Crippen molar-refractivity contribution in [3.8, 4) is 0 Å². The topological polar surface area (TPSA) is 50.5 Å². The van der Waals surface area contributed by atoms with Crippen molar-refractivity contribution in [2.45, 2.75) is 6.54 Å². The second-order valence-corrected chi connectivity index (χ2v) is 5.73. The monoisotopic (exact) mass is 265 g/mol. The molecule has 1 aromatic heterocycles. The maximum Gasteiger partial charge on any atom is 0.215 e. The summed E-state index contributed by atoms with van der Waals surface area (Å²) in [4.78, 5) is 0. The standard InChI is InChI=1S/C7H8BrNO3S/c8-7-2-1-6(12-7)5-9-3-4-13(9,10)11/h1-2H,3-5H2. The molecule has 6 heteroatoms. The smallest absolute Gasteiger partial charge is 0.215 e. The molecule has 0 atom stereocenters. The van der Waals surface area contributed by atoms with Gasteiger partial charge in [0.25, 0.3) is 0 Å². The summed E-state index contributed by atoms with van der Waals surface area (Å²) < 4.78 is 29.4. The number of rotatable bonds is 2. The van der Waals surface area contributed by atoms with Crippen LogP contribution in [-0.2, 0) is 16.6 Å². The van der Waals surface area contributed by atoms with Crippen molar-refractivity contribution in [3.05, 3.63) is 22.6 Å². The lowest BCUT2D eigenvalue weighted by Gasteiger charge is -2.29. The average Bonchev–Trinajstić information content (AvgIpc) is 2.46. The van der Waals surface area contributed by atoms with E-state index in [1.807, 2.05) is 0 Å². The van der Waals surface area contributed by atoms with Gasteiger partial charge in [0, 0.05) is 6.54 Å². The van der Waals surface area contributed by atoms with E-state index >= 15 is 0 Å². The highest BCUT2D eigenvalue weighted by molar-refractivity contribution is 9.10. The number of furan rings is 1. The third-order valence-electron chi connectivity index (χ3n) is 1.95. The van der Waals surface area contributed by atoms with Gasteiger partial charge in [-0.15, -0.1) is 0 Å². The molecule has 1 saturated heterocycles. The zero-order chi connectivity index (χ0) is 9.47. The molecular formula is C7H8BrNO3S. The third-order valence-corrected chi connectivity index (χ3v) is 4.18. The second kappa shape index (κ2) is 3.11. The minimum Gasteiger partial charge on any atom is -0.453 e. The molecule has 0 aliphatic carbocycles. The van der Waals surface area contributed by atoms with Gasteiger partial charge in [-0.3, -0.25) is 0 Å². The normalized spacial score (nSPS) is 21.3. The quantitative estimate of drug-likeness (QED) is 0.807. The van der Waals surface area contributed by atoms with Crippen molar-refractivity contribution in [2.75, 3.05) is 12.3 Å². The van der Waals surface area contributed by atoms with Gasteiger partial charge in [0.05, 0.1) is 12.3 Å². The molecule has 0 aromatic carbocycles. The van der Waals surface area contributed by atoms with Crippen LogP contribution in [-0.4, -0.2) is 25.0 Å². The van der Waals surface area contributed by atoms with Crippen LogP contribution in [0.5, 0.6) is 0 Å². The van der Waals surface area contributed by atoms with Crippen LogP contribution in [0, 0.1) is 0 Å². The zero-order valence-corrected chi connectivity index (χ0v) is 9.14. The van der Waals surface area contributed by atoms with E-state index in [4.69, 9.17) is 4.42 Å². The summed E-state index contributed by atoms with van der Waals surface area (Å²) in [5, 5.41) is 0. The molecule has 0 spiro atoms. The Morgan fingerprint density at radius 1 is 1.54 bits per heavy atom. The minimum absolute atomic E-state index is 0.259. The molecule has 0 unspecified atom stereocenters. The fourth-order valence-corrected chi connectivity index (χ4v) is 2.56. The van der Waals surface area contributed by atoms with E-state index in [1.165, 1.54) is 4.31 Å². The van der Waals surface area contributed by atoms with Crippen molar-refractivity contribution < 1.29 is 12.8 Å². The van der Waals surface area contributed by atoms with E-state index in [1.54, 1.807) is 12.1 Å². The Labute approximate surface area is 84.7 Å². The Hall–Kier alpha value is -0.330. The molecule has 0 radical (unpaired) electrons. The summed E-state index contributed by atoms with van der Waals surface area (Å²) in [5.74, 6) is 0.921. The Bertz CT molecular complexity index is 411. The maximum absolute atomic E-state index is 11.1. The van der Waals surface area contributed by atoms with Gasteiger partial charge in [0.1, 0.15) is 5.76 Å². The molecule has 4 nitrogen and oxygen atoms in total. The van der Waals surface area contributed by atoms with Crippen LogP contribution in [0.3, 0.4) is 0 Å². The van der Waals surface area contributed by atoms with Crippen LogP contribution in [0.4, 0.5) is 0 Å². The molecule has 13 heavy (non-hydrogen) atoms. The molecule has 1 aromatic rings. The van der Waals surface area contributed by atoms with E-state index in [-0.39, 0.29) is 5.75 Å². The van der Waals surface area contributed by atoms with Gasteiger partial charge in [-0.05, 0) is 28.1 Å². The molecule has 1 aliphatic rings. The van der Waals surface area contributed by atoms with Crippen LogP contribution >= 0.6 is 15.9 Å². The van der Waals surface area contributed by atoms with Crippen molar-refractivity contribution >= 4 is 26.0 Å².